The summed E-state index contributed by atoms with van der Waals surface area (Å²) in [6.45, 7) is 0. The zero-order valence-electron chi connectivity index (χ0n) is 42.3. The maximum Gasteiger partial charge on any atom is 0.164 e. The Morgan fingerprint density at radius 2 is 1.04 bits per heavy atom. The Morgan fingerprint density at radius 1 is 0.421 bits per heavy atom. The molecule has 0 aliphatic rings. The van der Waals surface area contributed by atoms with Crippen LogP contribution < -0.4 is 0 Å². The van der Waals surface area contributed by atoms with Crippen LogP contribution in [0.1, 0.15) is 17.8 Å². The van der Waals surface area contributed by atoms with Gasteiger partial charge < -0.3 is 8.83 Å². The second-order valence-electron chi connectivity index (χ2n) is 13.3. The minimum Gasteiger partial charge on any atom is -0.456 e. The SMILES string of the molecule is [2H]c1c([2H])c([2H])c(-c2nc(-c3c([2H])c([2H])c([2H])c([2H])c3[2H])nc(-c3c([2H])c([2H])c4c(sc5ccc(-c6ccc(-c7cccc8oc9ccccc9c78)c7c6oc6ccccc67)cc54)c3[2H])n2)c([2H])c1[2H]. The summed E-state index contributed by atoms with van der Waals surface area (Å²) in [7, 11) is 0. The topological polar surface area (TPSA) is 65.0 Å². The van der Waals surface area contributed by atoms with E-state index in [4.69, 9.17) is 22.5 Å². The van der Waals surface area contributed by atoms with Crippen molar-refractivity contribution in [2.75, 3.05) is 0 Å². The first-order chi connectivity index (χ1) is 33.6. The number of fused-ring (bicyclic) bond motifs is 9. The van der Waals surface area contributed by atoms with Crippen molar-refractivity contribution in [2.45, 2.75) is 0 Å². The van der Waals surface area contributed by atoms with Gasteiger partial charge in [0.1, 0.15) is 22.3 Å². The van der Waals surface area contributed by atoms with E-state index in [0.29, 0.717) is 31.3 Å². The second-order valence-corrected chi connectivity index (χ2v) is 14.4. The maximum absolute atomic E-state index is 9.61. The quantitative estimate of drug-likeness (QED) is 0.175. The Kier molecular flexibility index (Phi) is 4.77. The molecule has 266 valence electrons. The van der Waals surface area contributed by atoms with E-state index < -0.39 is 95.1 Å². The lowest BCUT2D eigenvalue weighted by Crippen LogP contribution is -1.99. The predicted octanol–water partition coefficient (Wildman–Crippen LogP) is 14.4. The molecule has 8 aromatic carbocycles. The van der Waals surface area contributed by atoms with Crippen LogP contribution in [-0.4, -0.2) is 15.0 Å². The molecule has 0 spiro atoms. The van der Waals surface area contributed by atoms with Gasteiger partial charge in [-0.05, 0) is 59.1 Å². The molecule has 0 N–H and O–H groups in total. The molecule has 0 aliphatic heterocycles. The van der Waals surface area contributed by atoms with Crippen LogP contribution >= 0.6 is 11.3 Å². The summed E-state index contributed by atoms with van der Waals surface area (Å²) in [6, 6.07) is 23.6. The Balaban J connectivity index is 1.07. The minimum absolute atomic E-state index is 0.269. The van der Waals surface area contributed by atoms with E-state index in [1.165, 1.54) is 11.3 Å². The summed E-state index contributed by atoms with van der Waals surface area (Å²) in [5.74, 6) is -1.52. The molecule has 57 heavy (non-hydrogen) atoms. The van der Waals surface area contributed by atoms with Crippen molar-refractivity contribution in [3.8, 4) is 56.4 Å². The largest absolute Gasteiger partial charge is 0.456 e. The van der Waals surface area contributed by atoms with Crippen LogP contribution in [0.15, 0.2) is 184 Å². The monoisotopic (exact) mass is 760 g/mol. The van der Waals surface area contributed by atoms with Crippen molar-refractivity contribution in [1.82, 2.24) is 15.0 Å². The molecule has 0 saturated carbocycles. The van der Waals surface area contributed by atoms with Crippen molar-refractivity contribution < 1.29 is 26.7 Å². The second kappa shape index (κ2) is 12.6. The van der Waals surface area contributed by atoms with Gasteiger partial charge in [0.2, 0.25) is 0 Å². The normalized spacial score (nSPS) is 15.1. The molecule has 0 aliphatic carbocycles. The van der Waals surface area contributed by atoms with E-state index in [-0.39, 0.29) is 17.6 Å². The first kappa shape index (κ1) is 21.6. The van der Waals surface area contributed by atoms with Crippen LogP contribution in [0, 0.1) is 0 Å². The Labute approximate surface area is 348 Å². The molecule has 0 fully saturated rings. The molecule has 12 rings (SSSR count). The highest BCUT2D eigenvalue weighted by atomic mass is 32.1. The molecule has 4 heterocycles. The highest BCUT2D eigenvalue weighted by molar-refractivity contribution is 7.25. The van der Waals surface area contributed by atoms with E-state index in [9.17, 15) is 4.11 Å². The van der Waals surface area contributed by atoms with Crippen molar-refractivity contribution in [3.63, 3.8) is 0 Å². The first-order valence-electron chi connectivity index (χ1n) is 24.4. The van der Waals surface area contributed by atoms with Gasteiger partial charge in [0.25, 0.3) is 0 Å². The van der Waals surface area contributed by atoms with Gasteiger partial charge in [-0.15, -0.1) is 11.3 Å². The number of nitrogens with zero attached hydrogens (tertiary/aromatic N) is 3. The van der Waals surface area contributed by atoms with Crippen LogP contribution in [0.25, 0.3) is 120 Å². The molecule has 0 saturated heterocycles. The summed E-state index contributed by atoms with van der Waals surface area (Å²) < 4.78 is 127. The van der Waals surface area contributed by atoms with Crippen molar-refractivity contribution >= 4 is 75.4 Å². The zero-order valence-corrected chi connectivity index (χ0v) is 30.1. The lowest BCUT2D eigenvalue weighted by Gasteiger charge is -2.10. The predicted molar refractivity (Wildman–Crippen MR) is 234 cm³/mol. The van der Waals surface area contributed by atoms with Gasteiger partial charge in [-0.2, -0.15) is 0 Å². The number of benzene rings is 8. The molecule has 6 heteroatoms. The minimum atomic E-state index is -0.707. The third kappa shape index (κ3) is 5.12. The molecule has 4 aromatic heterocycles. The third-order valence-electron chi connectivity index (χ3n) is 10.1. The number of para-hydroxylation sites is 2. The van der Waals surface area contributed by atoms with Gasteiger partial charge in [0.05, 0.1) is 17.8 Å². The fourth-order valence-corrected chi connectivity index (χ4v) is 8.62. The fraction of sp³-hybridized carbons (Fsp3) is 0. The molecular weight excluding hydrogens is 719 g/mol. The summed E-state index contributed by atoms with van der Waals surface area (Å²) >= 11 is 1.20. The van der Waals surface area contributed by atoms with Crippen LogP contribution in [0.4, 0.5) is 0 Å². The summed E-state index contributed by atoms with van der Waals surface area (Å²) in [5.41, 5.74) is 5.06. The van der Waals surface area contributed by atoms with Gasteiger partial charge in [0.15, 0.2) is 17.5 Å². The van der Waals surface area contributed by atoms with Gasteiger partial charge in [-0.1, -0.05) is 133 Å². The lowest BCUT2D eigenvalue weighted by atomic mass is 9.92. The van der Waals surface area contributed by atoms with Gasteiger partial charge in [0, 0.05) is 64.0 Å². The molecule has 0 amide bonds. The molecule has 5 nitrogen and oxygen atoms in total. The van der Waals surface area contributed by atoms with E-state index in [2.05, 4.69) is 27.1 Å². The van der Waals surface area contributed by atoms with Crippen LogP contribution in [0.3, 0.4) is 0 Å². The van der Waals surface area contributed by atoms with E-state index in [1.54, 1.807) is 0 Å². The Bertz CT molecular complexity index is 4170. The van der Waals surface area contributed by atoms with Crippen molar-refractivity contribution in [3.05, 3.63) is 176 Å². The molecule has 0 radical (unpaired) electrons. The van der Waals surface area contributed by atoms with Gasteiger partial charge in [-0.3, -0.25) is 0 Å². The Hall–Kier alpha value is -7.41. The van der Waals surface area contributed by atoms with Crippen LogP contribution in [0.2, 0.25) is 0 Å². The first-order valence-corrected chi connectivity index (χ1v) is 18.7. The fourth-order valence-electron chi connectivity index (χ4n) is 7.57. The summed E-state index contributed by atoms with van der Waals surface area (Å²) in [5, 5.41) is 4.69. The van der Waals surface area contributed by atoms with Gasteiger partial charge >= 0.3 is 0 Å². The number of rotatable bonds is 5. The average Bonchev–Trinajstić information content (AvgIpc) is 4.08. The van der Waals surface area contributed by atoms with E-state index in [1.807, 2.05) is 84.9 Å². The summed E-state index contributed by atoms with van der Waals surface area (Å²) in [4.78, 5) is 13.2. The van der Waals surface area contributed by atoms with Crippen LogP contribution in [0.5, 0.6) is 0 Å². The smallest absolute Gasteiger partial charge is 0.164 e. The van der Waals surface area contributed by atoms with E-state index >= 15 is 0 Å². The molecular formula is C51H29N3O2S. The lowest BCUT2D eigenvalue weighted by molar-refractivity contribution is 0.668. The molecule has 0 unspecified atom stereocenters. The average molecular weight is 761 g/mol. The number of thiophene rings is 1. The maximum atomic E-state index is 9.61. The highest BCUT2D eigenvalue weighted by Crippen LogP contribution is 2.46. The molecule has 0 bridgehead atoms. The van der Waals surface area contributed by atoms with Gasteiger partial charge in [-0.25, -0.2) is 15.0 Å². The van der Waals surface area contributed by atoms with Crippen molar-refractivity contribution in [1.29, 1.82) is 0 Å². The number of hydrogen-bond donors (Lipinski definition) is 0. The Morgan fingerprint density at radius 3 is 1.77 bits per heavy atom. The molecule has 12 aromatic rings. The summed E-state index contributed by atoms with van der Waals surface area (Å²) in [6.07, 6.45) is 0. The standard InChI is InChI=1S/C51H29N3O2S/c1-3-12-30(13-4-1)49-52-50(31-14-5-2-6-15-31)54-51(53-49)33-22-24-35-40-28-32(23-27-44(40)57-45(35)29-33)34-25-26-37(47-39-17-8-10-20-42(39)56-48(34)47)36-18-11-21-43-46(36)38-16-7-9-19-41(38)55-43/h1-29H/i1D,2D,3D,4D,5D,6D,12D,13D,14D,15D,22D,24D,29D. The number of furan rings is 2. The zero-order chi connectivity index (χ0) is 48.8. The number of hydrogen-bond acceptors (Lipinski definition) is 6. The van der Waals surface area contributed by atoms with E-state index in [0.717, 1.165) is 55.0 Å². The number of aromatic nitrogens is 3. The van der Waals surface area contributed by atoms with Crippen LogP contribution in [-0.2, 0) is 0 Å². The third-order valence-corrected chi connectivity index (χ3v) is 11.2. The highest BCUT2D eigenvalue weighted by Gasteiger charge is 2.21. The van der Waals surface area contributed by atoms with Crippen molar-refractivity contribution in [2.24, 2.45) is 0 Å². The molecule has 0 atom stereocenters.